The topological polar surface area (TPSA) is 0 Å². The maximum absolute atomic E-state index is 2.40. The second kappa shape index (κ2) is 102. The molecule has 4 unspecified atom stereocenters. The summed E-state index contributed by atoms with van der Waals surface area (Å²) in [5.74, 6) is 29.9. The Morgan fingerprint density at radius 2 is 0.353 bits per heavy atom. The van der Waals surface area contributed by atoms with E-state index in [-0.39, 0.29) is 0 Å². The van der Waals surface area contributed by atoms with Gasteiger partial charge in [-0.25, -0.2) is 0 Å². The molecule has 1 aliphatic rings. The van der Waals surface area contributed by atoms with Crippen LogP contribution in [0.2, 0.25) is 0 Å². The van der Waals surface area contributed by atoms with E-state index in [0.29, 0.717) is 5.41 Å². The first kappa shape index (κ1) is 153. The summed E-state index contributed by atoms with van der Waals surface area (Å²) in [6, 6.07) is 0. The van der Waals surface area contributed by atoms with Gasteiger partial charge in [0.15, 0.2) is 0 Å². The van der Waals surface area contributed by atoms with Crippen molar-refractivity contribution in [3.8, 4) is 0 Å². The molecule has 8 atom stereocenters. The molecule has 1 fully saturated rings. The fourth-order valence-electron chi connectivity index (χ4n) is 17.2. The van der Waals surface area contributed by atoms with Gasteiger partial charge in [-0.3, -0.25) is 0 Å². The van der Waals surface area contributed by atoms with Crippen LogP contribution in [0.1, 0.15) is 663 Å². The Bertz CT molecular complexity index is 1850. The fourth-order valence-corrected chi connectivity index (χ4v) is 17.2. The molecule has 1 aliphatic carbocycles. The Kier molecular flexibility index (Phi) is 118. The molecule has 0 saturated heterocycles. The molecule has 0 heteroatoms. The predicted molar refractivity (Wildman–Crippen MR) is 633 cm³/mol. The van der Waals surface area contributed by atoms with Crippen molar-refractivity contribution in [2.75, 3.05) is 0 Å². The number of hydrogen-bond acceptors (Lipinski definition) is 0. The highest BCUT2D eigenvalue weighted by Crippen LogP contribution is 2.47. The zero-order valence-electron chi connectivity index (χ0n) is 106. The van der Waals surface area contributed by atoms with Crippen molar-refractivity contribution in [3.63, 3.8) is 0 Å². The van der Waals surface area contributed by atoms with Crippen LogP contribution in [0.15, 0.2) is 0 Å². The molecule has 0 heterocycles. The summed E-state index contributed by atoms with van der Waals surface area (Å²) in [6.45, 7) is 128. The molecule has 0 amide bonds. The summed E-state index contributed by atoms with van der Waals surface area (Å²) in [6.07, 6.45) is 62.5. The summed E-state index contributed by atoms with van der Waals surface area (Å²) in [5.41, 5.74) is 0.539. The molecule has 1 saturated carbocycles. The van der Waals surface area contributed by atoms with Crippen LogP contribution >= 0.6 is 0 Å². The highest BCUT2D eigenvalue weighted by atomic mass is 14.4. The van der Waals surface area contributed by atoms with Crippen molar-refractivity contribution < 1.29 is 0 Å². The third kappa shape index (κ3) is 147. The van der Waals surface area contributed by atoms with E-state index in [0.717, 1.165) is 195 Å². The SMILES string of the molecule is CC(C)CCC(C)CCC(C)C.CC(C)CCC(C)CCC(C)C.CC(C)CCC(C)CCC(C)C.CC(C)CCCC(C)CC(C)C.CC(C)CCCC1CC1C(C)C.CC(C)CCCCC(C)(C)C(C)C.CC(C)CCCCC(C)C(C)C.CC(C)CCCC[C@@H](C)C(C)C.CC(C)CCCC[C@H](C)C(C)C.CC(C)CCC[C@@H](C)CC(C)C.CC(C)CCC[C@H](C)CC(C)C. The molecule has 1 rings (SSSR count). The maximum Gasteiger partial charge on any atom is -0.0331 e. The normalized spacial score (nSPS) is 14.8. The van der Waals surface area contributed by atoms with Gasteiger partial charge in [-0.05, 0) is 233 Å². The highest BCUT2D eigenvalue weighted by molar-refractivity contribution is 4.88. The average molecular weight is 1890 g/mol. The predicted octanol–water partition coefficient (Wildman–Crippen LogP) is 49.4. The molecular weight excluding hydrogens is 1600 g/mol. The van der Waals surface area contributed by atoms with E-state index in [1.807, 2.05) is 0 Å². The lowest BCUT2D eigenvalue weighted by molar-refractivity contribution is 0.220. The van der Waals surface area contributed by atoms with Gasteiger partial charge in [0.25, 0.3) is 0 Å². The second-order valence-electron chi connectivity index (χ2n) is 56.0. The number of hydrogen-bond donors (Lipinski definition) is 0. The van der Waals surface area contributed by atoms with Crippen LogP contribution in [-0.4, -0.2) is 0 Å². The van der Waals surface area contributed by atoms with E-state index >= 15 is 0 Å². The van der Waals surface area contributed by atoms with E-state index in [1.165, 1.54) is 283 Å². The monoisotopic (exact) mass is 1880 g/mol. The van der Waals surface area contributed by atoms with E-state index in [9.17, 15) is 0 Å². The van der Waals surface area contributed by atoms with E-state index in [2.05, 4.69) is 381 Å². The third-order valence-electron chi connectivity index (χ3n) is 29.6. The molecule has 0 aliphatic heterocycles. The van der Waals surface area contributed by atoms with Crippen LogP contribution in [0, 0.1) is 201 Å². The van der Waals surface area contributed by atoms with Crippen LogP contribution in [0.25, 0.3) is 0 Å². The molecule has 0 nitrogen and oxygen atoms in total. The van der Waals surface area contributed by atoms with Gasteiger partial charge < -0.3 is 0 Å². The summed E-state index contributed by atoms with van der Waals surface area (Å²) in [7, 11) is 0. The molecule has 0 radical (unpaired) electrons. The summed E-state index contributed by atoms with van der Waals surface area (Å²) in [4.78, 5) is 0. The van der Waals surface area contributed by atoms with Crippen molar-refractivity contribution in [1.82, 2.24) is 0 Å². The first-order valence-corrected chi connectivity index (χ1v) is 61.2. The van der Waals surface area contributed by atoms with Gasteiger partial charge in [0.1, 0.15) is 0 Å². The molecule has 0 aromatic heterocycles. The van der Waals surface area contributed by atoms with Gasteiger partial charge >= 0.3 is 0 Å². The first-order chi connectivity index (χ1) is 61.2. The summed E-state index contributed by atoms with van der Waals surface area (Å²) in [5, 5.41) is 0. The Balaban J connectivity index is -0.000000156. The fraction of sp³-hybridized carbons (Fsp3) is 1.00. The maximum atomic E-state index is 2.40. The quantitative estimate of drug-likeness (QED) is 0.0533. The third-order valence-corrected chi connectivity index (χ3v) is 29.6. The van der Waals surface area contributed by atoms with Crippen LogP contribution in [0.5, 0.6) is 0 Å². The van der Waals surface area contributed by atoms with Gasteiger partial charge in [-0.1, -0.05) is 631 Å². The van der Waals surface area contributed by atoms with E-state index < -0.39 is 0 Å². The Morgan fingerprint density at radius 3 is 0.519 bits per heavy atom. The van der Waals surface area contributed by atoms with Crippen molar-refractivity contribution in [1.29, 1.82) is 0 Å². The smallest absolute Gasteiger partial charge is 0.0331 e. The Hall–Kier alpha value is 0. The van der Waals surface area contributed by atoms with E-state index in [1.54, 1.807) is 0 Å². The standard InChI is InChI=1S/C13H28.C12H24.9C12H26/c1-11(2)9-7-8-10-13(5,6)12(3)4;1-9(2)6-5-7-11-8-12(11)10(3)4;3*1-10(2)6-8-12(5)9-7-11(3)4;3*1-10(2)7-6-8-12(5)9-11(3)4;3*1-10(2)8-6-7-9-12(5)11(3)4/h11-12H,7-10H2,1-6H3;9-12H,5-8H2,1-4H3;9*10-12H,6-9H2,1-5H3/t;;;;;2*12-;;2*12-;/m.....10.10./s1. The van der Waals surface area contributed by atoms with Crippen molar-refractivity contribution in [2.24, 2.45) is 201 Å². The lowest BCUT2D eigenvalue weighted by Crippen LogP contribution is -2.18. The minimum absolute atomic E-state index is 0.539. The summed E-state index contributed by atoms with van der Waals surface area (Å²) >= 11 is 0. The lowest BCUT2D eigenvalue weighted by atomic mass is 9.77. The first-order valence-electron chi connectivity index (χ1n) is 61.2. The van der Waals surface area contributed by atoms with Crippen molar-refractivity contribution >= 4 is 0 Å². The highest BCUT2D eigenvalue weighted by Gasteiger charge is 2.38. The molecule has 0 spiro atoms. The second-order valence-corrected chi connectivity index (χ2v) is 56.0. The minimum atomic E-state index is 0.539. The molecule has 818 valence electrons. The average Bonchev–Trinajstić information content (AvgIpc) is 1.68. The molecule has 0 aromatic rings. The lowest BCUT2D eigenvalue weighted by Gasteiger charge is -2.29. The molecule has 0 N–H and O–H groups in total. The zero-order valence-corrected chi connectivity index (χ0v) is 106. The summed E-state index contributed by atoms with van der Waals surface area (Å²) < 4.78 is 0. The van der Waals surface area contributed by atoms with Gasteiger partial charge in [0.05, 0.1) is 0 Å². The number of rotatable bonds is 65. The van der Waals surface area contributed by atoms with Crippen molar-refractivity contribution in [2.45, 2.75) is 663 Å². The molecule has 0 aromatic carbocycles. The molecule has 0 bridgehead atoms. The van der Waals surface area contributed by atoms with E-state index in [4.69, 9.17) is 0 Å². The van der Waals surface area contributed by atoms with Crippen molar-refractivity contribution in [3.05, 3.63) is 0 Å². The molecule has 133 heavy (non-hydrogen) atoms. The Morgan fingerprint density at radius 1 is 0.173 bits per heavy atom. The largest absolute Gasteiger partial charge is 0.0628 e. The van der Waals surface area contributed by atoms with Crippen LogP contribution in [0.3, 0.4) is 0 Å². The van der Waals surface area contributed by atoms with Gasteiger partial charge in [0.2, 0.25) is 0 Å². The van der Waals surface area contributed by atoms with Gasteiger partial charge in [0, 0.05) is 0 Å². The van der Waals surface area contributed by atoms with Crippen LogP contribution in [-0.2, 0) is 0 Å². The zero-order chi connectivity index (χ0) is 106. The van der Waals surface area contributed by atoms with Crippen LogP contribution < -0.4 is 0 Å². The van der Waals surface area contributed by atoms with Gasteiger partial charge in [-0.15, -0.1) is 0 Å². The Labute approximate surface area is 858 Å². The minimum Gasteiger partial charge on any atom is -0.0628 e. The van der Waals surface area contributed by atoms with Crippen LogP contribution in [0.4, 0.5) is 0 Å². The number of unbranched alkanes of at least 4 members (excludes halogenated alkanes) is 4. The molecular formula is C133H286. The van der Waals surface area contributed by atoms with Gasteiger partial charge in [-0.2, -0.15) is 0 Å².